The van der Waals surface area contributed by atoms with Crippen LogP contribution < -0.4 is 0 Å². The summed E-state index contributed by atoms with van der Waals surface area (Å²) in [6, 6.07) is 0.509. The third-order valence-corrected chi connectivity index (χ3v) is 3.50. The van der Waals surface area contributed by atoms with Gasteiger partial charge in [-0.15, -0.1) is 0 Å². The summed E-state index contributed by atoms with van der Waals surface area (Å²) in [4.78, 5) is 0. The van der Waals surface area contributed by atoms with Gasteiger partial charge in [0.15, 0.2) is 0 Å². The zero-order valence-corrected chi connectivity index (χ0v) is 9.40. The largest absolute Gasteiger partial charge is 0.411 e. The number of quaternary nitrogens is 1. The molecule has 1 fully saturated rings. The minimum atomic E-state index is 0.376. The van der Waals surface area contributed by atoms with Gasteiger partial charge in [0.05, 0.1) is 31.9 Å². The summed E-state index contributed by atoms with van der Waals surface area (Å²) in [5.74, 6) is 0.376. The summed E-state index contributed by atoms with van der Waals surface area (Å²) in [6.07, 6.45) is 2.87. The summed E-state index contributed by atoms with van der Waals surface area (Å²) in [5.41, 5.74) is 0.942. The third kappa shape index (κ3) is 1.98. The lowest BCUT2D eigenvalue weighted by Crippen LogP contribution is -2.58. The Hall–Kier alpha value is -0.830. The Balaban J connectivity index is 2.80. The molecular weight excluding hydrogens is 176 g/mol. The number of oxime groups is 1. The maximum Gasteiger partial charge on any atom is 0.0971 e. The molecule has 0 saturated carbocycles. The first-order valence-corrected chi connectivity index (χ1v) is 5.19. The van der Waals surface area contributed by atoms with Crippen LogP contribution in [0.25, 0.3) is 0 Å². The first-order valence-electron chi connectivity index (χ1n) is 5.19. The second-order valence-corrected chi connectivity index (χ2v) is 4.68. The predicted molar refractivity (Wildman–Crippen MR) is 58.6 cm³/mol. The summed E-state index contributed by atoms with van der Waals surface area (Å²) in [7, 11) is 2.25. The highest BCUT2D eigenvalue weighted by molar-refractivity contribution is 5.86. The molecule has 80 valence electrons. The molecule has 1 aliphatic heterocycles. The van der Waals surface area contributed by atoms with E-state index in [-0.39, 0.29) is 0 Å². The molecule has 0 aromatic rings. The van der Waals surface area contributed by atoms with Gasteiger partial charge in [-0.05, 0) is 13.0 Å². The third-order valence-electron chi connectivity index (χ3n) is 3.50. The Labute approximate surface area is 86.3 Å². The SMILES string of the molecule is C=CC[N@+]1(C)C[C@H](C)/C(=N/O)C[C@H]1C. The molecule has 3 nitrogen and oxygen atoms in total. The van der Waals surface area contributed by atoms with Crippen molar-refractivity contribution in [1.29, 1.82) is 0 Å². The van der Waals surface area contributed by atoms with E-state index in [1.807, 2.05) is 6.08 Å². The molecule has 3 heteroatoms. The van der Waals surface area contributed by atoms with E-state index in [0.717, 1.165) is 29.7 Å². The molecule has 0 radical (unpaired) electrons. The number of hydrogen-bond donors (Lipinski definition) is 1. The molecule has 14 heavy (non-hydrogen) atoms. The average Bonchev–Trinajstić information content (AvgIpc) is 2.11. The van der Waals surface area contributed by atoms with Gasteiger partial charge in [-0.25, -0.2) is 0 Å². The molecule has 1 rings (SSSR count). The van der Waals surface area contributed by atoms with Crippen LogP contribution in [0.5, 0.6) is 0 Å². The standard InChI is InChI=1S/C11H20N2O/c1-5-6-13(4)8-9(2)11(12-14)7-10(13)3/h5,9-10H,1,6-8H2,2-4H3/p+1/b12-11+/t9-,10+,13+/m0/s1. The summed E-state index contributed by atoms with van der Waals surface area (Å²) in [5, 5.41) is 12.2. The molecule has 0 amide bonds. The van der Waals surface area contributed by atoms with Gasteiger partial charge in [0, 0.05) is 12.3 Å². The number of hydrogen-bond acceptors (Lipinski definition) is 2. The average molecular weight is 197 g/mol. The lowest BCUT2D eigenvalue weighted by Gasteiger charge is -2.45. The Kier molecular flexibility index (Phi) is 3.32. The summed E-state index contributed by atoms with van der Waals surface area (Å²) < 4.78 is 1.00. The summed E-state index contributed by atoms with van der Waals surface area (Å²) >= 11 is 0. The van der Waals surface area contributed by atoms with Gasteiger partial charge in [0.2, 0.25) is 0 Å². The molecule has 0 aromatic heterocycles. The van der Waals surface area contributed by atoms with E-state index in [1.54, 1.807) is 0 Å². The van der Waals surface area contributed by atoms with Crippen molar-refractivity contribution in [3.05, 3.63) is 12.7 Å². The molecule has 0 spiro atoms. The smallest absolute Gasteiger partial charge is 0.0971 e. The van der Waals surface area contributed by atoms with Gasteiger partial charge in [0.1, 0.15) is 0 Å². The summed E-state index contributed by atoms with van der Waals surface area (Å²) in [6.45, 7) is 10.2. The number of rotatable bonds is 2. The van der Waals surface area contributed by atoms with Crippen molar-refractivity contribution < 1.29 is 9.69 Å². The normalized spacial score (nSPS) is 41.2. The highest BCUT2D eigenvalue weighted by Gasteiger charge is 2.38. The van der Waals surface area contributed by atoms with Crippen LogP contribution in [0.15, 0.2) is 17.8 Å². The highest BCUT2D eigenvalue weighted by Crippen LogP contribution is 2.25. The molecule has 1 heterocycles. The van der Waals surface area contributed by atoms with E-state index in [4.69, 9.17) is 5.21 Å². The first kappa shape index (κ1) is 11.2. The van der Waals surface area contributed by atoms with Crippen LogP contribution in [0.1, 0.15) is 20.3 Å². The van der Waals surface area contributed by atoms with Crippen molar-refractivity contribution >= 4 is 5.71 Å². The van der Waals surface area contributed by atoms with Crippen LogP contribution in [0.3, 0.4) is 0 Å². The van der Waals surface area contributed by atoms with E-state index >= 15 is 0 Å². The van der Waals surface area contributed by atoms with Crippen molar-refractivity contribution in [2.45, 2.75) is 26.3 Å². The zero-order valence-electron chi connectivity index (χ0n) is 9.40. The van der Waals surface area contributed by atoms with Crippen LogP contribution in [0.4, 0.5) is 0 Å². The van der Waals surface area contributed by atoms with E-state index in [0.29, 0.717) is 12.0 Å². The van der Waals surface area contributed by atoms with E-state index in [9.17, 15) is 0 Å². The quantitative estimate of drug-likeness (QED) is 0.312. The first-order chi connectivity index (χ1) is 6.53. The topological polar surface area (TPSA) is 32.6 Å². The minimum Gasteiger partial charge on any atom is -0.411 e. The van der Waals surface area contributed by atoms with Gasteiger partial charge in [-0.3, -0.25) is 0 Å². The Morgan fingerprint density at radius 1 is 1.64 bits per heavy atom. The van der Waals surface area contributed by atoms with Crippen LogP contribution in [-0.4, -0.2) is 41.6 Å². The maximum atomic E-state index is 8.84. The van der Waals surface area contributed by atoms with Gasteiger partial charge >= 0.3 is 0 Å². The van der Waals surface area contributed by atoms with Gasteiger partial charge in [-0.2, -0.15) is 0 Å². The van der Waals surface area contributed by atoms with Crippen molar-refractivity contribution in [2.75, 3.05) is 20.1 Å². The fourth-order valence-electron chi connectivity index (χ4n) is 2.32. The van der Waals surface area contributed by atoms with Crippen LogP contribution in [-0.2, 0) is 0 Å². The molecule has 3 atom stereocenters. The second kappa shape index (κ2) is 4.13. The zero-order chi connectivity index (χ0) is 10.8. The molecule has 0 unspecified atom stereocenters. The van der Waals surface area contributed by atoms with Crippen molar-refractivity contribution in [2.24, 2.45) is 11.1 Å². The van der Waals surface area contributed by atoms with E-state index in [1.165, 1.54) is 0 Å². The number of nitrogens with zero attached hydrogens (tertiary/aromatic N) is 2. The van der Waals surface area contributed by atoms with Crippen molar-refractivity contribution in [3.63, 3.8) is 0 Å². The fourth-order valence-corrected chi connectivity index (χ4v) is 2.32. The molecule has 1 aliphatic rings. The van der Waals surface area contributed by atoms with Crippen molar-refractivity contribution in [3.8, 4) is 0 Å². The second-order valence-electron chi connectivity index (χ2n) is 4.68. The van der Waals surface area contributed by atoms with E-state index in [2.05, 4.69) is 32.6 Å². The highest BCUT2D eigenvalue weighted by atomic mass is 16.4. The monoisotopic (exact) mass is 197 g/mol. The van der Waals surface area contributed by atoms with Gasteiger partial charge < -0.3 is 9.69 Å². The maximum absolute atomic E-state index is 8.84. The van der Waals surface area contributed by atoms with Crippen molar-refractivity contribution in [1.82, 2.24) is 0 Å². The Morgan fingerprint density at radius 3 is 2.79 bits per heavy atom. The predicted octanol–water partition coefficient (Wildman–Crippen LogP) is 1.88. The molecular formula is C11H21N2O+. The molecule has 0 aromatic carbocycles. The van der Waals surface area contributed by atoms with Gasteiger partial charge in [-0.1, -0.05) is 18.7 Å². The fraction of sp³-hybridized carbons (Fsp3) is 0.727. The minimum absolute atomic E-state index is 0.376. The Bertz CT molecular complexity index is 250. The van der Waals surface area contributed by atoms with Crippen LogP contribution >= 0.6 is 0 Å². The van der Waals surface area contributed by atoms with Crippen LogP contribution in [0.2, 0.25) is 0 Å². The number of likely N-dealkylation sites (tertiary alicyclic amines) is 1. The number of likely N-dealkylation sites (N-methyl/N-ethyl adjacent to an activating group) is 1. The Morgan fingerprint density at radius 2 is 2.29 bits per heavy atom. The molecule has 1 saturated heterocycles. The molecule has 0 aliphatic carbocycles. The molecule has 1 N–H and O–H groups in total. The lowest BCUT2D eigenvalue weighted by atomic mass is 9.90. The molecule has 0 bridgehead atoms. The van der Waals surface area contributed by atoms with Crippen LogP contribution in [0, 0.1) is 5.92 Å². The number of piperidine rings is 1. The lowest BCUT2D eigenvalue weighted by molar-refractivity contribution is -0.930. The van der Waals surface area contributed by atoms with E-state index < -0.39 is 0 Å². The van der Waals surface area contributed by atoms with Gasteiger partial charge in [0.25, 0.3) is 0 Å².